The van der Waals surface area contributed by atoms with Gasteiger partial charge in [0.25, 0.3) is 5.91 Å². The second-order valence-electron chi connectivity index (χ2n) is 10.6. The number of rotatable bonds is 9. The summed E-state index contributed by atoms with van der Waals surface area (Å²) in [6.07, 6.45) is 3.95. The summed E-state index contributed by atoms with van der Waals surface area (Å²) >= 11 is 0. The Balaban J connectivity index is 1.35. The van der Waals surface area contributed by atoms with Crippen molar-refractivity contribution in [3.8, 4) is 28.6 Å². The van der Waals surface area contributed by atoms with Gasteiger partial charge in [-0.05, 0) is 72.4 Å². The summed E-state index contributed by atoms with van der Waals surface area (Å²) < 4.78 is 7.15. The number of methoxy groups -OCH3 is 1. The molecular weight excluding hydrogens is 502 g/mol. The highest BCUT2D eigenvalue weighted by Crippen LogP contribution is 2.43. The maximum atomic E-state index is 13.7. The summed E-state index contributed by atoms with van der Waals surface area (Å²) in [5, 5.41) is 21.3. The maximum absolute atomic E-state index is 13.7. The molecule has 0 bridgehead atoms. The van der Waals surface area contributed by atoms with Gasteiger partial charge in [0.1, 0.15) is 12.1 Å². The summed E-state index contributed by atoms with van der Waals surface area (Å²) in [5.74, 6) is 1.66. The Morgan fingerprint density at radius 1 is 1.12 bits per heavy atom. The van der Waals surface area contributed by atoms with E-state index in [2.05, 4.69) is 33.7 Å². The number of fused-ring (bicyclic) bond motifs is 1. The number of benzene rings is 2. The highest BCUT2D eigenvalue weighted by Gasteiger charge is 2.32. The van der Waals surface area contributed by atoms with Crippen LogP contribution in [0.5, 0.6) is 0 Å². The van der Waals surface area contributed by atoms with Gasteiger partial charge in [0, 0.05) is 50.0 Å². The van der Waals surface area contributed by atoms with Crippen LogP contribution in [0.15, 0.2) is 54.9 Å². The number of aromatic nitrogens is 4. The summed E-state index contributed by atoms with van der Waals surface area (Å²) in [6.45, 7) is 3.90. The zero-order chi connectivity index (χ0) is 27.8. The number of nitrogens with zero attached hydrogens (tertiary/aromatic N) is 6. The zero-order valence-corrected chi connectivity index (χ0v) is 22.9. The van der Waals surface area contributed by atoms with E-state index < -0.39 is 0 Å². The first-order valence-electron chi connectivity index (χ1n) is 13.5. The Hall–Kier alpha value is -4.39. The standard InChI is InChI=1S/C31H31N7O2/c1-19(40-3)15-33-16-21-4-6-23-17-38(31(39)26(23)11-21)29-13-24(12-28(35-29)22-7-8-22)25-9-5-20(14-32)10-27(25)30-36-34-18-37(30)2/h4-6,9-13,18-19,22,33H,7-8,15-17H2,1-3H3/t19-/m1/s1. The van der Waals surface area contributed by atoms with E-state index in [1.165, 1.54) is 0 Å². The number of ether oxygens (including phenoxy) is 1. The van der Waals surface area contributed by atoms with E-state index in [9.17, 15) is 10.1 Å². The predicted molar refractivity (Wildman–Crippen MR) is 151 cm³/mol. The van der Waals surface area contributed by atoms with Crippen LogP contribution in [-0.4, -0.2) is 45.4 Å². The van der Waals surface area contributed by atoms with Crippen LogP contribution < -0.4 is 10.2 Å². The number of nitriles is 1. The normalized spacial score (nSPS) is 15.2. The first-order valence-corrected chi connectivity index (χ1v) is 13.5. The van der Waals surface area contributed by atoms with E-state index in [1.54, 1.807) is 18.3 Å². The minimum absolute atomic E-state index is 0.0399. The number of carbonyl (C=O) groups excluding carboxylic acids is 1. The minimum Gasteiger partial charge on any atom is -0.380 e. The summed E-state index contributed by atoms with van der Waals surface area (Å²) in [4.78, 5) is 20.4. The van der Waals surface area contributed by atoms with Crippen molar-refractivity contribution >= 4 is 11.7 Å². The molecule has 1 amide bonds. The molecule has 1 N–H and O–H groups in total. The lowest BCUT2D eigenvalue weighted by Gasteiger charge is -2.18. The monoisotopic (exact) mass is 533 g/mol. The third kappa shape index (κ3) is 4.99. The van der Waals surface area contributed by atoms with Crippen LogP contribution in [0.25, 0.3) is 22.5 Å². The molecule has 202 valence electrons. The van der Waals surface area contributed by atoms with Crippen molar-refractivity contribution in [3.63, 3.8) is 0 Å². The Morgan fingerprint density at radius 3 is 2.70 bits per heavy atom. The van der Waals surface area contributed by atoms with Gasteiger partial charge in [-0.2, -0.15) is 5.26 Å². The van der Waals surface area contributed by atoms with Crippen LogP contribution in [0.3, 0.4) is 0 Å². The van der Waals surface area contributed by atoms with Gasteiger partial charge in [0.05, 0.1) is 24.3 Å². The van der Waals surface area contributed by atoms with E-state index in [0.29, 0.717) is 36.2 Å². The SMILES string of the molecule is CO[C@H](C)CNCc1ccc2c(c1)C(=O)N(c1cc(-c3ccc(C#N)cc3-c3nncn3C)cc(C3CC3)n1)C2. The van der Waals surface area contributed by atoms with Gasteiger partial charge >= 0.3 is 0 Å². The molecule has 0 spiro atoms. The average Bonchev–Trinajstić information content (AvgIpc) is 3.67. The fraction of sp³-hybridized carbons (Fsp3) is 0.323. The third-order valence-electron chi connectivity index (χ3n) is 7.66. The van der Waals surface area contributed by atoms with E-state index in [1.807, 2.05) is 54.9 Å². The van der Waals surface area contributed by atoms with Crippen molar-refractivity contribution in [3.05, 3.63) is 82.8 Å². The van der Waals surface area contributed by atoms with Crippen LogP contribution in [0, 0.1) is 11.3 Å². The van der Waals surface area contributed by atoms with E-state index in [-0.39, 0.29) is 12.0 Å². The molecule has 9 heteroatoms. The zero-order valence-electron chi connectivity index (χ0n) is 22.9. The molecule has 2 aromatic heterocycles. The van der Waals surface area contributed by atoms with Crippen LogP contribution in [0.1, 0.15) is 58.4 Å². The number of carbonyl (C=O) groups is 1. The lowest BCUT2D eigenvalue weighted by Crippen LogP contribution is -2.26. The number of anilines is 1. The molecule has 0 radical (unpaired) electrons. The largest absolute Gasteiger partial charge is 0.380 e. The molecule has 1 saturated carbocycles. The topological polar surface area (TPSA) is 109 Å². The number of hydrogen-bond donors (Lipinski definition) is 1. The van der Waals surface area contributed by atoms with E-state index in [4.69, 9.17) is 9.72 Å². The first kappa shape index (κ1) is 25.9. The highest BCUT2D eigenvalue weighted by atomic mass is 16.5. The molecule has 2 aliphatic rings. The quantitative estimate of drug-likeness (QED) is 0.335. The fourth-order valence-electron chi connectivity index (χ4n) is 5.14. The summed E-state index contributed by atoms with van der Waals surface area (Å²) in [5.41, 5.74) is 6.98. The van der Waals surface area contributed by atoms with Gasteiger partial charge in [0.15, 0.2) is 5.82 Å². The molecule has 1 atom stereocenters. The second kappa shape index (κ2) is 10.6. The van der Waals surface area contributed by atoms with Crippen molar-refractivity contribution in [2.24, 2.45) is 7.05 Å². The lowest BCUT2D eigenvalue weighted by atomic mass is 9.96. The van der Waals surface area contributed by atoms with Crippen molar-refractivity contribution in [1.29, 1.82) is 5.26 Å². The number of aryl methyl sites for hydroxylation is 1. The highest BCUT2D eigenvalue weighted by molar-refractivity contribution is 6.10. The first-order chi connectivity index (χ1) is 19.4. The van der Waals surface area contributed by atoms with Crippen LogP contribution in [-0.2, 0) is 24.9 Å². The van der Waals surface area contributed by atoms with Gasteiger partial charge in [-0.3, -0.25) is 9.69 Å². The van der Waals surface area contributed by atoms with Crippen molar-refractivity contribution in [1.82, 2.24) is 25.1 Å². The molecule has 4 aromatic rings. The van der Waals surface area contributed by atoms with Gasteiger partial charge in [0.2, 0.25) is 0 Å². The van der Waals surface area contributed by atoms with Crippen molar-refractivity contribution in [2.75, 3.05) is 18.6 Å². The Morgan fingerprint density at radius 2 is 1.98 bits per heavy atom. The van der Waals surface area contributed by atoms with Crippen molar-refractivity contribution in [2.45, 2.75) is 44.9 Å². The van der Waals surface area contributed by atoms with E-state index >= 15 is 0 Å². The molecule has 0 saturated heterocycles. The van der Waals surface area contributed by atoms with Gasteiger partial charge in [-0.25, -0.2) is 4.98 Å². The fourth-order valence-corrected chi connectivity index (χ4v) is 5.14. The van der Waals surface area contributed by atoms with Gasteiger partial charge in [-0.15, -0.1) is 10.2 Å². The molecule has 0 unspecified atom stereocenters. The molecular formula is C31H31N7O2. The maximum Gasteiger partial charge on any atom is 0.260 e. The number of hydrogen-bond acceptors (Lipinski definition) is 7. The minimum atomic E-state index is -0.0399. The molecule has 1 aliphatic heterocycles. The van der Waals surface area contributed by atoms with Gasteiger partial charge < -0.3 is 14.6 Å². The number of pyridine rings is 1. The number of amides is 1. The summed E-state index contributed by atoms with van der Waals surface area (Å²) in [6, 6.07) is 18.0. The van der Waals surface area contributed by atoms with Crippen molar-refractivity contribution < 1.29 is 9.53 Å². The molecule has 1 aliphatic carbocycles. The summed E-state index contributed by atoms with van der Waals surface area (Å²) in [7, 11) is 3.58. The molecule has 1 fully saturated rings. The predicted octanol–water partition coefficient (Wildman–Crippen LogP) is 4.58. The molecule has 6 rings (SSSR count). The molecule has 9 nitrogen and oxygen atoms in total. The number of nitrogens with one attached hydrogen (secondary N) is 1. The Kier molecular flexibility index (Phi) is 6.88. The third-order valence-corrected chi connectivity index (χ3v) is 7.66. The molecule has 3 heterocycles. The van der Waals surface area contributed by atoms with Crippen LogP contribution >= 0.6 is 0 Å². The van der Waals surface area contributed by atoms with Gasteiger partial charge in [-0.1, -0.05) is 18.2 Å². The smallest absolute Gasteiger partial charge is 0.260 e. The van der Waals surface area contributed by atoms with Crippen LogP contribution in [0.2, 0.25) is 0 Å². The molecule has 2 aromatic carbocycles. The second-order valence-corrected chi connectivity index (χ2v) is 10.6. The molecule has 40 heavy (non-hydrogen) atoms. The Bertz CT molecular complexity index is 1630. The van der Waals surface area contributed by atoms with Crippen LogP contribution in [0.4, 0.5) is 5.82 Å². The lowest BCUT2D eigenvalue weighted by molar-refractivity contribution is 0.0995. The Labute approximate surface area is 233 Å². The van der Waals surface area contributed by atoms with E-state index in [0.717, 1.165) is 58.5 Å². The average molecular weight is 534 g/mol.